The Labute approximate surface area is 172 Å². The standard InChI is InChI=1S/C25H28N4/c1-16-12-17(2)14-20(13-16)26-22-15-21(25(4,5)6)27-24-23(18(3)28-29(22)24)19-10-8-7-9-11-19/h7-15,26H,1-6H3. The molecular formula is C25H28N4. The number of aryl methyl sites for hydroxylation is 3. The topological polar surface area (TPSA) is 42.2 Å². The monoisotopic (exact) mass is 384 g/mol. The van der Waals surface area contributed by atoms with Gasteiger partial charge in [-0.2, -0.15) is 9.61 Å². The number of aromatic nitrogens is 3. The first kappa shape index (κ1) is 19.2. The number of hydrogen-bond acceptors (Lipinski definition) is 3. The summed E-state index contributed by atoms with van der Waals surface area (Å²) in [5, 5.41) is 8.44. The minimum Gasteiger partial charge on any atom is -0.340 e. The van der Waals surface area contributed by atoms with Crippen molar-refractivity contribution in [3.63, 3.8) is 0 Å². The molecule has 0 bridgehead atoms. The predicted octanol–water partition coefficient (Wildman–Crippen LogP) is 6.36. The fourth-order valence-electron chi connectivity index (χ4n) is 3.73. The Morgan fingerprint density at radius 2 is 1.52 bits per heavy atom. The van der Waals surface area contributed by atoms with Crippen LogP contribution in [-0.4, -0.2) is 14.6 Å². The maximum atomic E-state index is 5.04. The lowest BCUT2D eigenvalue weighted by atomic mass is 9.92. The molecule has 4 heteroatoms. The van der Waals surface area contributed by atoms with Gasteiger partial charge >= 0.3 is 0 Å². The van der Waals surface area contributed by atoms with Gasteiger partial charge in [0.1, 0.15) is 5.82 Å². The third kappa shape index (κ3) is 3.75. The Bertz CT molecular complexity index is 1160. The largest absolute Gasteiger partial charge is 0.340 e. The smallest absolute Gasteiger partial charge is 0.165 e. The van der Waals surface area contributed by atoms with Crippen LogP contribution >= 0.6 is 0 Å². The molecular weight excluding hydrogens is 356 g/mol. The van der Waals surface area contributed by atoms with Crippen LogP contribution in [0.4, 0.5) is 11.5 Å². The van der Waals surface area contributed by atoms with E-state index in [0.29, 0.717) is 0 Å². The van der Waals surface area contributed by atoms with E-state index in [9.17, 15) is 0 Å². The van der Waals surface area contributed by atoms with Gasteiger partial charge in [0.05, 0.1) is 11.4 Å². The average molecular weight is 385 g/mol. The molecule has 0 atom stereocenters. The maximum Gasteiger partial charge on any atom is 0.165 e. The lowest BCUT2D eigenvalue weighted by molar-refractivity contribution is 0.569. The summed E-state index contributed by atoms with van der Waals surface area (Å²) in [6.07, 6.45) is 0. The van der Waals surface area contributed by atoms with Gasteiger partial charge in [0.2, 0.25) is 0 Å². The Hall–Kier alpha value is -3.14. The summed E-state index contributed by atoms with van der Waals surface area (Å²) in [5.41, 5.74) is 8.55. The van der Waals surface area contributed by atoms with Gasteiger partial charge in [-0.3, -0.25) is 0 Å². The summed E-state index contributed by atoms with van der Waals surface area (Å²) >= 11 is 0. The first-order chi connectivity index (χ1) is 13.7. The van der Waals surface area contributed by atoms with E-state index in [4.69, 9.17) is 10.1 Å². The van der Waals surface area contributed by atoms with E-state index in [1.54, 1.807) is 0 Å². The van der Waals surface area contributed by atoms with Gasteiger partial charge in [0.15, 0.2) is 5.65 Å². The molecule has 4 aromatic rings. The van der Waals surface area contributed by atoms with E-state index in [-0.39, 0.29) is 5.41 Å². The molecule has 0 aliphatic rings. The van der Waals surface area contributed by atoms with Crippen molar-refractivity contribution < 1.29 is 0 Å². The highest BCUT2D eigenvalue weighted by molar-refractivity contribution is 5.81. The first-order valence-corrected chi connectivity index (χ1v) is 10.0. The zero-order valence-corrected chi connectivity index (χ0v) is 18.0. The summed E-state index contributed by atoms with van der Waals surface area (Å²) < 4.78 is 1.94. The van der Waals surface area contributed by atoms with E-state index in [0.717, 1.165) is 39.7 Å². The first-order valence-electron chi connectivity index (χ1n) is 10.0. The molecule has 2 heterocycles. The summed E-state index contributed by atoms with van der Waals surface area (Å²) in [4.78, 5) is 5.04. The van der Waals surface area contributed by atoms with E-state index >= 15 is 0 Å². The van der Waals surface area contributed by atoms with Crippen LogP contribution in [0.2, 0.25) is 0 Å². The third-order valence-electron chi connectivity index (χ3n) is 5.09. The Kier molecular flexibility index (Phi) is 4.65. The molecule has 0 aliphatic heterocycles. The molecule has 0 saturated heterocycles. The van der Waals surface area contributed by atoms with E-state index in [1.807, 2.05) is 17.5 Å². The van der Waals surface area contributed by atoms with E-state index < -0.39 is 0 Å². The number of rotatable bonds is 3. The third-order valence-corrected chi connectivity index (χ3v) is 5.09. The average Bonchev–Trinajstić information content (AvgIpc) is 2.97. The van der Waals surface area contributed by atoms with Crippen LogP contribution in [0.15, 0.2) is 54.6 Å². The van der Waals surface area contributed by atoms with Crippen LogP contribution < -0.4 is 5.32 Å². The van der Waals surface area contributed by atoms with Gasteiger partial charge in [-0.1, -0.05) is 57.2 Å². The van der Waals surface area contributed by atoms with Gasteiger partial charge in [-0.25, -0.2) is 4.98 Å². The number of hydrogen-bond donors (Lipinski definition) is 1. The summed E-state index contributed by atoms with van der Waals surface area (Å²) in [6.45, 7) is 12.9. The molecule has 1 N–H and O–H groups in total. The van der Waals surface area contributed by atoms with Gasteiger partial charge in [0, 0.05) is 22.7 Å². The second kappa shape index (κ2) is 7.03. The van der Waals surface area contributed by atoms with Gasteiger partial charge in [-0.05, 0) is 49.6 Å². The summed E-state index contributed by atoms with van der Waals surface area (Å²) in [7, 11) is 0. The van der Waals surface area contributed by atoms with Crippen LogP contribution in [0.3, 0.4) is 0 Å². The lowest BCUT2D eigenvalue weighted by Crippen LogP contribution is -2.16. The summed E-state index contributed by atoms with van der Waals surface area (Å²) in [5.74, 6) is 0.926. The van der Waals surface area contributed by atoms with Crippen molar-refractivity contribution in [1.82, 2.24) is 14.6 Å². The van der Waals surface area contributed by atoms with Crippen molar-refractivity contribution in [2.45, 2.75) is 47.0 Å². The molecule has 0 aliphatic carbocycles. The number of benzene rings is 2. The zero-order chi connectivity index (χ0) is 20.8. The van der Waals surface area contributed by atoms with Crippen molar-refractivity contribution >= 4 is 17.2 Å². The fraction of sp³-hybridized carbons (Fsp3) is 0.280. The van der Waals surface area contributed by atoms with Crippen molar-refractivity contribution in [2.24, 2.45) is 0 Å². The normalized spacial score (nSPS) is 11.8. The molecule has 0 saturated carbocycles. The van der Waals surface area contributed by atoms with E-state index in [2.05, 4.69) is 88.5 Å². The van der Waals surface area contributed by atoms with Crippen LogP contribution in [0, 0.1) is 20.8 Å². The fourth-order valence-corrected chi connectivity index (χ4v) is 3.73. The SMILES string of the molecule is Cc1cc(C)cc(Nc2cc(C(C)(C)C)nc3c(-c4ccccc4)c(C)nn23)c1. The number of nitrogens with zero attached hydrogens (tertiary/aromatic N) is 3. The molecule has 2 aromatic carbocycles. The van der Waals surface area contributed by atoms with Gasteiger partial charge < -0.3 is 5.32 Å². The second-order valence-corrected chi connectivity index (χ2v) is 8.84. The summed E-state index contributed by atoms with van der Waals surface area (Å²) in [6, 6.07) is 19.0. The van der Waals surface area contributed by atoms with Crippen LogP contribution in [-0.2, 0) is 5.41 Å². The quantitative estimate of drug-likeness (QED) is 0.447. The molecule has 4 rings (SSSR count). The molecule has 0 unspecified atom stereocenters. The number of anilines is 2. The molecule has 0 amide bonds. The predicted molar refractivity (Wildman–Crippen MR) is 121 cm³/mol. The number of nitrogens with one attached hydrogen (secondary N) is 1. The van der Waals surface area contributed by atoms with Crippen LogP contribution in [0.25, 0.3) is 16.8 Å². The van der Waals surface area contributed by atoms with Gasteiger partial charge in [0.25, 0.3) is 0 Å². The van der Waals surface area contributed by atoms with Crippen molar-refractivity contribution in [3.05, 3.63) is 77.1 Å². The van der Waals surface area contributed by atoms with Crippen molar-refractivity contribution in [2.75, 3.05) is 5.32 Å². The Morgan fingerprint density at radius 1 is 0.862 bits per heavy atom. The maximum absolute atomic E-state index is 5.04. The minimum absolute atomic E-state index is 0.0766. The lowest BCUT2D eigenvalue weighted by Gasteiger charge is -2.20. The number of fused-ring (bicyclic) bond motifs is 1. The molecule has 29 heavy (non-hydrogen) atoms. The Balaban J connectivity index is 1.96. The van der Waals surface area contributed by atoms with Crippen LogP contribution in [0.5, 0.6) is 0 Å². The minimum atomic E-state index is -0.0766. The van der Waals surface area contributed by atoms with Crippen LogP contribution in [0.1, 0.15) is 43.3 Å². The molecule has 0 spiro atoms. The Morgan fingerprint density at radius 3 is 2.14 bits per heavy atom. The molecule has 0 radical (unpaired) electrons. The highest BCUT2D eigenvalue weighted by Gasteiger charge is 2.22. The highest BCUT2D eigenvalue weighted by Crippen LogP contribution is 2.33. The highest BCUT2D eigenvalue weighted by atomic mass is 15.3. The second-order valence-electron chi connectivity index (χ2n) is 8.84. The molecule has 2 aromatic heterocycles. The molecule has 0 fully saturated rings. The molecule has 148 valence electrons. The van der Waals surface area contributed by atoms with E-state index in [1.165, 1.54) is 11.1 Å². The van der Waals surface area contributed by atoms with Crippen molar-refractivity contribution in [1.29, 1.82) is 0 Å². The zero-order valence-electron chi connectivity index (χ0n) is 18.0. The van der Waals surface area contributed by atoms with Crippen molar-refractivity contribution in [3.8, 4) is 11.1 Å². The van der Waals surface area contributed by atoms with Gasteiger partial charge in [-0.15, -0.1) is 0 Å². The molecule has 4 nitrogen and oxygen atoms in total.